The van der Waals surface area contributed by atoms with Crippen molar-refractivity contribution in [3.8, 4) is 0 Å². The molecule has 0 saturated carbocycles. The summed E-state index contributed by atoms with van der Waals surface area (Å²) in [4.78, 5) is 24.0. The first kappa shape index (κ1) is 15.1. The van der Waals surface area contributed by atoms with Gasteiger partial charge in [-0.1, -0.05) is 0 Å². The summed E-state index contributed by atoms with van der Waals surface area (Å²) in [6.45, 7) is 0. The van der Waals surface area contributed by atoms with Gasteiger partial charge in [-0.05, 0) is 0 Å². The normalized spacial score (nSPS) is 21.7. The van der Waals surface area contributed by atoms with Gasteiger partial charge < -0.3 is 0 Å². The van der Waals surface area contributed by atoms with Crippen molar-refractivity contribution in [2.45, 2.75) is 10.3 Å². The van der Waals surface area contributed by atoms with Crippen molar-refractivity contribution in [1.82, 2.24) is 4.90 Å². The summed E-state index contributed by atoms with van der Waals surface area (Å²) in [6, 6.07) is 0. The predicted molar refractivity (Wildman–Crippen MR) is 65.8 cm³/mol. The van der Waals surface area contributed by atoms with E-state index in [4.69, 9.17) is 4.74 Å². The van der Waals surface area contributed by atoms with Crippen LogP contribution in [0.5, 0.6) is 0 Å². The molecule has 1 amide bonds. The number of hydrogen-bond acceptors (Lipinski definition) is 4. The average molecular weight is 464 g/mol. The van der Waals surface area contributed by atoms with Gasteiger partial charge in [-0.15, -0.1) is 0 Å². The fourth-order valence-electron chi connectivity index (χ4n) is 1.03. The Balaban J connectivity index is 2.34. The quantitative estimate of drug-likeness (QED) is 0.152. The molecule has 17 heavy (non-hydrogen) atoms. The molecule has 0 spiro atoms. The molecule has 0 aliphatic carbocycles. The molecular weight excluding hydrogens is 452 g/mol. The average Bonchev–Trinajstić information content (AvgIpc) is 2.63. The van der Waals surface area contributed by atoms with Crippen LogP contribution >= 0.6 is 22.6 Å². The van der Waals surface area contributed by atoms with E-state index in [9.17, 15) is 14.7 Å². The topological polar surface area (TPSA) is 66.8 Å². The van der Waals surface area contributed by atoms with Crippen LogP contribution in [-0.2, 0) is 14.3 Å². The van der Waals surface area contributed by atoms with Gasteiger partial charge in [0.2, 0.25) is 0 Å². The second-order valence-electron chi connectivity index (χ2n) is 3.08. The molecule has 0 aromatic carbocycles. The third-order valence-electron chi connectivity index (χ3n) is 1.94. The SMILES string of the molecule is COC(I)/C=C\C(=O)[I-]CN1C(=O)C=CC1O. The van der Waals surface area contributed by atoms with Crippen LogP contribution in [0.2, 0.25) is 0 Å². The first-order valence-electron chi connectivity index (χ1n) is 4.69. The minimum absolute atomic E-state index is 0.00872. The predicted octanol–water partition coefficient (Wildman–Crippen LogP) is -2.76. The minimum atomic E-state index is -0.879. The third kappa shape index (κ3) is 5.02. The number of rotatable bonds is 6. The van der Waals surface area contributed by atoms with Crippen LogP contribution in [0.4, 0.5) is 0 Å². The van der Waals surface area contributed by atoms with E-state index in [1.807, 2.05) is 22.6 Å². The molecular formula is C10H12I2NO4-. The summed E-state index contributed by atoms with van der Waals surface area (Å²) < 4.78 is 5.17. The molecule has 0 aromatic heterocycles. The van der Waals surface area contributed by atoms with Crippen molar-refractivity contribution < 1.29 is 40.6 Å². The molecule has 7 heteroatoms. The fraction of sp³-hybridized carbons (Fsp3) is 0.400. The number of carbonyl (C=O) groups is 2. The van der Waals surface area contributed by atoms with E-state index in [0.717, 1.165) is 0 Å². The summed E-state index contributed by atoms with van der Waals surface area (Å²) in [5.74, 6) is -0.238. The number of halogens is 2. The number of nitrogens with zero attached hydrogens (tertiary/aromatic N) is 1. The van der Waals surface area contributed by atoms with Crippen LogP contribution in [0.1, 0.15) is 0 Å². The van der Waals surface area contributed by atoms with Crippen molar-refractivity contribution >= 4 is 32.3 Å². The van der Waals surface area contributed by atoms with Crippen LogP contribution in [0.3, 0.4) is 0 Å². The molecule has 1 rings (SSSR count). The van der Waals surface area contributed by atoms with E-state index >= 15 is 0 Å². The van der Waals surface area contributed by atoms with Crippen LogP contribution in [-0.4, -0.2) is 41.7 Å². The standard InChI is InChI=1S/C10H12I2NO4/c1-17-7(11)2-3-8(14)12-6-13-9(15)4-5-10(13)16/h2-5,7,9,15H,6H2,1H3/q-1/b3-2-. The Labute approximate surface area is 123 Å². The van der Waals surface area contributed by atoms with Gasteiger partial charge in [0.15, 0.2) is 0 Å². The molecule has 2 unspecified atom stereocenters. The van der Waals surface area contributed by atoms with Gasteiger partial charge in [0.1, 0.15) is 0 Å². The molecule has 0 bridgehead atoms. The molecule has 0 radical (unpaired) electrons. The van der Waals surface area contributed by atoms with Crippen molar-refractivity contribution in [3.05, 3.63) is 24.3 Å². The van der Waals surface area contributed by atoms with Crippen molar-refractivity contribution in [1.29, 1.82) is 0 Å². The van der Waals surface area contributed by atoms with Crippen molar-refractivity contribution in [3.63, 3.8) is 0 Å². The summed E-state index contributed by atoms with van der Waals surface area (Å²) in [5, 5.41) is 9.41. The van der Waals surface area contributed by atoms with Gasteiger partial charge in [0, 0.05) is 0 Å². The van der Waals surface area contributed by atoms with Gasteiger partial charge in [-0.3, -0.25) is 0 Å². The third-order valence-corrected chi connectivity index (χ3v) is 5.05. The van der Waals surface area contributed by atoms with E-state index in [2.05, 4.69) is 0 Å². The van der Waals surface area contributed by atoms with E-state index in [1.54, 1.807) is 13.2 Å². The van der Waals surface area contributed by atoms with E-state index < -0.39 is 27.4 Å². The zero-order chi connectivity index (χ0) is 12.8. The molecule has 0 fully saturated rings. The second-order valence-corrected chi connectivity index (χ2v) is 6.82. The van der Waals surface area contributed by atoms with E-state index in [0.29, 0.717) is 4.55 Å². The molecule has 5 nitrogen and oxygen atoms in total. The monoisotopic (exact) mass is 464 g/mol. The molecule has 1 aliphatic heterocycles. The zero-order valence-electron chi connectivity index (χ0n) is 9.05. The number of amides is 1. The maximum atomic E-state index is 11.5. The Morgan fingerprint density at radius 2 is 2.53 bits per heavy atom. The molecule has 1 N–H and O–H groups in total. The Morgan fingerprint density at radius 1 is 1.82 bits per heavy atom. The number of hydrogen-bond donors (Lipinski definition) is 1. The summed E-state index contributed by atoms with van der Waals surface area (Å²) in [6.07, 6.45) is 5.01. The Hall–Kier alpha value is -0.000000000000000132. The number of allylic oxidation sites excluding steroid dienone is 1. The molecule has 0 aromatic rings. The van der Waals surface area contributed by atoms with Gasteiger partial charge in [-0.2, -0.15) is 0 Å². The van der Waals surface area contributed by atoms with Crippen LogP contribution in [0.25, 0.3) is 0 Å². The number of alkyl halides is 2. The molecule has 96 valence electrons. The second kappa shape index (κ2) is 7.44. The van der Waals surface area contributed by atoms with Gasteiger partial charge in [-0.25, -0.2) is 0 Å². The van der Waals surface area contributed by atoms with Gasteiger partial charge in [0.25, 0.3) is 0 Å². The van der Waals surface area contributed by atoms with Crippen molar-refractivity contribution in [2.75, 3.05) is 11.7 Å². The molecule has 0 saturated heterocycles. The molecule has 2 atom stereocenters. The Kier molecular flexibility index (Phi) is 6.59. The maximum absolute atomic E-state index is 11.5. The summed E-state index contributed by atoms with van der Waals surface area (Å²) >= 11 is 1.23. The van der Waals surface area contributed by atoms with Crippen LogP contribution < -0.4 is 21.2 Å². The first-order valence-corrected chi connectivity index (χ1v) is 8.54. The number of aliphatic hydroxyl groups is 1. The Bertz CT molecular complexity index is 356. The van der Waals surface area contributed by atoms with Gasteiger partial charge in [0.05, 0.1) is 0 Å². The summed E-state index contributed by atoms with van der Waals surface area (Å²) in [7, 11) is 1.56. The number of ether oxygens (including phenoxy) is 1. The number of methoxy groups -OCH3 is 1. The molecule has 1 aliphatic rings. The van der Waals surface area contributed by atoms with Crippen LogP contribution in [0.15, 0.2) is 24.3 Å². The summed E-state index contributed by atoms with van der Waals surface area (Å²) in [5.41, 5.74) is 0. The van der Waals surface area contributed by atoms with Gasteiger partial charge >= 0.3 is 124 Å². The zero-order valence-corrected chi connectivity index (χ0v) is 13.4. The number of aliphatic hydroxyl groups excluding tert-OH is 1. The van der Waals surface area contributed by atoms with Crippen molar-refractivity contribution in [2.24, 2.45) is 0 Å². The first-order chi connectivity index (χ1) is 8.04. The van der Waals surface area contributed by atoms with E-state index in [-0.39, 0.29) is 13.8 Å². The van der Waals surface area contributed by atoms with Crippen LogP contribution in [0, 0.1) is 0 Å². The number of carbonyl (C=O) groups excluding carboxylic acids is 2. The van der Waals surface area contributed by atoms with E-state index in [1.165, 1.54) is 23.1 Å². The Morgan fingerprint density at radius 3 is 3.06 bits per heavy atom. The fourth-order valence-corrected chi connectivity index (χ4v) is 3.14. The molecule has 1 heterocycles.